The van der Waals surface area contributed by atoms with Gasteiger partial charge in [0, 0.05) is 19.1 Å². The van der Waals surface area contributed by atoms with Gasteiger partial charge in [-0.25, -0.2) is 4.39 Å². The van der Waals surface area contributed by atoms with Crippen LogP contribution in [-0.4, -0.2) is 48.5 Å². The van der Waals surface area contributed by atoms with Crippen molar-refractivity contribution in [2.75, 3.05) is 26.3 Å². The summed E-state index contributed by atoms with van der Waals surface area (Å²) in [4.78, 5) is 2.34. The maximum Gasteiger partial charge on any atom is 0.123 e. The number of aryl methyl sites for hydroxylation is 1. The van der Waals surface area contributed by atoms with E-state index < -0.39 is 0 Å². The van der Waals surface area contributed by atoms with Gasteiger partial charge in [0.25, 0.3) is 0 Å². The van der Waals surface area contributed by atoms with Gasteiger partial charge in [-0.1, -0.05) is 12.1 Å². The highest BCUT2D eigenvalue weighted by molar-refractivity contribution is 5.16. The summed E-state index contributed by atoms with van der Waals surface area (Å²) in [5.74, 6) is -0.170. The van der Waals surface area contributed by atoms with E-state index in [2.05, 4.69) is 11.8 Å². The number of ether oxygens (including phenoxy) is 1. The second-order valence-corrected chi connectivity index (χ2v) is 5.19. The lowest BCUT2D eigenvalue weighted by atomic mass is 10.0. The molecule has 0 unspecified atom stereocenters. The molecule has 1 fully saturated rings. The van der Waals surface area contributed by atoms with Crippen LogP contribution < -0.4 is 0 Å². The van der Waals surface area contributed by atoms with Crippen LogP contribution in [-0.2, 0) is 11.2 Å². The fourth-order valence-electron chi connectivity index (χ4n) is 2.50. The average molecular weight is 267 g/mol. The Morgan fingerprint density at radius 1 is 1.53 bits per heavy atom. The van der Waals surface area contributed by atoms with Crippen molar-refractivity contribution in [3.05, 3.63) is 35.6 Å². The zero-order chi connectivity index (χ0) is 13.7. The number of hydrogen-bond donors (Lipinski definition) is 1. The van der Waals surface area contributed by atoms with Gasteiger partial charge in [0.05, 0.1) is 19.3 Å². The summed E-state index contributed by atoms with van der Waals surface area (Å²) in [6.45, 7) is 4.61. The fourth-order valence-corrected chi connectivity index (χ4v) is 2.50. The number of benzene rings is 1. The molecule has 0 aromatic heterocycles. The van der Waals surface area contributed by atoms with Crippen molar-refractivity contribution in [3.8, 4) is 0 Å². The van der Waals surface area contributed by atoms with Gasteiger partial charge in [-0.05, 0) is 37.5 Å². The van der Waals surface area contributed by atoms with Crippen molar-refractivity contribution in [1.82, 2.24) is 4.90 Å². The van der Waals surface area contributed by atoms with Crippen molar-refractivity contribution in [2.45, 2.75) is 31.9 Å². The summed E-state index contributed by atoms with van der Waals surface area (Å²) >= 11 is 0. The highest BCUT2D eigenvalue weighted by Crippen LogP contribution is 2.14. The molecule has 1 aliphatic heterocycles. The number of nitrogens with zero attached hydrogens (tertiary/aromatic N) is 1. The van der Waals surface area contributed by atoms with Gasteiger partial charge >= 0.3 is 0 Å². The second kappa shape index (κ2) is 6.98. The van der Waals surface area contributed by atoms with Crippen molar-refractivity contribution >= 4 is 0 Å². The lowest BCUT2D eigenvalue weighted by Crippen LogP contribution is -2.48. The largest absolute Gasteiger partial charge is 0.394 e. The topological polar surface area (TPSA) is 32.7 Å². The lowest BCUT2D eigenvalue weighted by Gasteiger charge is -2.36. The molecule has 2 atom stereocenters. The van der Waals surface area contributed by atoms with E-state index in [9.17, 15) is 4.39 Å². The number of halogens is 1. The molecule has 1 aliphatic rings. The number of aliphatic hydroxyl groups is 1. The Morgan fingerprint density at radius 3 is 3.11 bits per heavy atom. The van der Waals surface area contributed by atoms with Gasteiger partial charge in [0.1, 0.15) is 5.82 Å². The van der Waals surface area contributed by atoms with Crippen molar-refractivity contribution < 1.29 is 14.2 Å². The minimum absolute atomic E-state index is 0.0645. The molecule has 0 radical (unpaired) electrons. The van der Waals surface area contributed by atoms with E-state index in [0.29, 0.717) is 12.6 Å². The monoisotopic (exact) mass is 267 g/mol. The standard InChI is InChI=1S/C15H22FNO2/c1-12(17-7-8-19-15(10-17)11-18)5-6-13-3-2-4-14(16)9-13/h2-4,9,12,15,18H,5-8,10-11H2,1H3/t12-,15+/m0/s1. The molecule has 0 amide bonds. The van der Waals surface area contributed by atoms with Crippen molar-refractivity contribution in [2.24, 2.45) is 0 Å². The van der Waals surface area contributed by atoms with Crippen LogP contribution in [0.3, 0.4) is 0 Å². The first-order chi connectivity index (χ1) is 9.19. The molecule has 2 rings (SSSR count). The van der Waals surface area contributed by atoms with E-state index in [0.717, 1.165) is 31.5 Å². The minimum Gasteiger partial charge on any atom is -0.394 e. The third-order valence-corrected chi connectivity index (χ3v) is 3.74. The van der Waals surface area contributed by atoms with Gasteiger partial charge in [0.2, 0.25) is 0 Å². The highest BCUT2D eigenvalue weighted by Gasteiger charge is 2.23. The van der Waals surface area contributed by atoms with E-state index >= 15 is 0 Å². The SMILES string of the molecule is C[C@@H](CCc1cccc(F)c1)N1CCO[C@@H](CO)C1. The average Bonchev–Trinajstić information content (AvgIpc) is 2.45. The highest BCUT2D eigenvalue weighted by atomic mass is 19.1. The van der Waals surface area contributed by atoms with Gasteiger partial charge in [-0.2, -0.15) is 0 Å². The first-order valence-electron chi connectivity index (χ1n) is 6.90. The Kier molecular flexibility index (Phi) is 5.31. The van der Waals surface area contributed by atoms with Crippen LogP contribution in [0.2, 0.25) is 0 Å². The molecule has 1 saturated heterocycles. The minimum atomic E-state index is -0.170. The first-order valence-corrected chi connectivity index (χ1v) is 6.90. The summed E-state index contributed by atoms with van der Waals surface area (Å²) < 4.78 is 18.5. The molecule has 3 nitrogen and oxygen atoms in total. The summed E-state index contributed by atoms with van der Waals surface area (Å²) in [6.07, 6.45) is 1.80. The van der Waals surface area contributed by atoms with Crippen molar-refractivity contribution in [1.29, 1.82) is 0 Å². The Hall–Kier alpha value is -0.970. The zero-order valence-electron chi connectivity index (χ0n) is 11.4. The number of aliphatic hydroxyl groups excluding tert-OH is 1. The normalized spacial score (nSPS) is 22.4. The molecular weight excluding hydrogens is 245 g/mol. The molecule has 1 N–H and O–H groups in total. The number of hydrogen-bond acceptors (Lipinski definition) is 3. The van der Waals surface area contributed by atoms with E-state index in [1.165, 1.54) is 6.07 Å². The second-order valence-electron chi connectivity index (χ2n) is 5.19. The van der Waals surface area contributed by atoms with Crippen LogP contribution in [0.5, 0.6) is 0 Å². The summed E-state index contributed by atoms with van der Waals surface area (Å²) in [6, 6.07) is 7.21. The molecule has 1 heterocycles. The molecule has 0 spiro atoms. The Morgan fingerprint density at radius 2 is 2.37 bits per heavy atom. The number of morpholine rings is 1. The lowest BCUT2D eigenvalue weighted by molar-refractivity contribution is -0.0635. The van der Waals surface area contributed by atoms with Crippen LogP contribution in [0.1, 0.15) is 18.9 Å². The van der Waals surface area contributed by atoms with E-state index in [1.807, 2.05) is 6.07 Å². The van der Waals surface area contributed by atoms with Crippen LogP contribution in [0, 0.1) is 5.82 Å². The quantitative estimate of drug-likeness (QED) is 0.883. The van der Waals surface area contributed by atoms with Gasteiger partial charge in [0.15, 0.2) is 0 Å². The Labute approximate surface area is 114 Å². The molecule has 0 saturated carbocycles. The van der Waals surface area contributed by atoms with E-state index in [-0.39, 0.29) is 18.5 Å². The molecule has 19 heavy (non-hydrogen) atoms. The van der Waals surface area contributed by atoms with E-state index in [4.69, 9.17) is 9.84 Å². The summed E-state index contributed by atoms with van der Waals surface area (Å²) in [7, 11) is 0. The Bertz CT molecular complexity index is 399. The molecular formula is C15H22FNO2. The number of rotatable bonds is 5. The Balaban J connectivity index is 1.82. The van der Waals surface area contributed by atoms with E-state index in [1.54, 1.807) is 12.1 Å². The molecule has 106 valence electrons. The predicted octanol–water partition coefficient (Wildman–Crippen LogP) is 1.84. The fraction of sp³-hybridized carbons (Fsp3) is 0.600. The molecule has 1 aromatic rings. The maximum absolute atomic E-state index is 13.1. The molecule has 0 aliphatic carbocycles. The first kappa shape index (κ1) is 14.4. The maximum atomic E-state index is 13.1. The predicted molar refractivity (Wildman–Crippen MR) is 72.6 cm³/mol. The zero-order valence-corrected chi connectivity index (χ0v) is 11.4. The third kappa shape index (κ3) is 4.27. The van der Waals surface area contributed by atoms with Crippen LogP contribution in [0.25, 0.3) is 0 Å². The van der Waals surface area contributed by atoms with Crippen LogP contribution in [0.4, 0.5) is 4.39 Å². The van der Waals surface area contributed by atoms with Crippen LogP contribution >= 0.6 is 0 Å². The molecule has 1 aromatic carbocycles. The van der Waals surface area contributed by atoms with Gasteiger partial charge < -0.3 is 9.84 Å². The molecule has 4 heteroatoms. The van der Waals surface area contributed by atoms with Crippen molar-refractivity contribution in [3.63, 3.8) is 0 Å². The third-order valence-electron chi connectivity index (χ3n) is 3.74. The summed E-state index contributed by atoms with van der Waals surface area (Å²) in [5, 5.41) is 9.14. The van der Waals surface area contributed by atoms with Gasteiger partial charge in [-0.15, -0.1) is 0 Å². The van der Waals surface area contributed by atoms with Gasteiger partial charge in [-0.3, -0.25) is 4.90 Å². The smallest absolute Gasteiger partial charge is 0.123 e. The molecule has 0 bridgehead atoms. The van der Waals surface area contributed by atoms with Crippen LogP contribution in [0.15, 0.2) is 24.3 Å². The summed E-state index contributed by atoms with van der Waals surface area (Å²) in [5.41, 5.74) is 1.04.